The number of carbonyl (C=O) groups excluding carboxylic acids is 2. The molecule has 1 aliphatic rings. The SMILES string of the molecule is CC(C)=CC(=O)OCC(=O)/C=C1\N(C)c2ccccc2C1(C)C. The average molecular weight is 313 g/mol. The van der Waals surface area contributed by atoms with E-state index in [1.807, 2.05) is 30.1 Å². The number of ketones is 1. The van der Waals surface area contributed by atoms with E-state index < -0.39 is 5.97 Å². The van der Waals surface area contributed by atoms with Crippen LogP contribution in [0.15, 0.2) is 47.7 Å². The Hall–Kier alpha value is -2.36. The van der Waals surface area contributed by atoms with Gasteiger partial charge in [0.25, 0.3) is 0 Å². The van der Waals surface area contributed by atoms with Gasteiger partial charge in [-0.1, -0.05) is 37.6 Å². The Morgan fingerprint density at radius 1 is 1.22 bits per heavy atom. The molecule has 122 valence electrons. The Labute approximate surface area is 137 Å². The van der Waals surface area contributed by atoms with Crippen molar-refractivity contribution in [1.82, 2.24) is 0 Å². The van der Waals surface area contributed by atoms with Gasteiger partial charge in [0.2, 0.25) is 0 Å². The second kappa shape index (κ2) is 6.41. The highest BCUT2D eigenvalue weighted by Gasteiger charge is 2.38. The normalized spacial score (nSPS) is 16.9. The van der Waals surface area contributed by atoms with Crippen LogP contribution in [0.3, 0.4) is 0 Å². The molecule has 0 bridgehead atoms. The van der Waals surface area contributed by atoms with Gasteiger partial charge in [0.1, 0.15) is 0 Å². The predicted molar refractivity (Wildman–Crippen MR) is 91.4 cm³/mol. The molecule has 4 heteroatoms. The minimum atomic E-state index is -0.487. The van der Waals surface area contributed by atoms with Gasteiger partial charge in [-0.15, -0.1) is 0 Å². The largest absolute Gasteiger partial charge is 0.454 e. The molecule has 0 saturated carbocycles. The number of likely N-dealkylation sites (N-methyl/N-ethyl adjacent to an activating group) is 1. The van der Waals surface area contributed by atoms with E-state index in [4.69, 9.17) is 4.74 Å². The van der Waals surface area contributed by atoms with E-state index in [2.05, 4.69) is 19.9 Å². The number of nitrogens with zero attached hydrogens (tertiary/aromatic N) is 1. The fourth-order valence-corrected chi connectivity index (χ4v) is 2.87. The Kier molecular flexibility index (Phi) is 4.73. The monoisotopic (exact) mass is 313 g/mol. The summed E-state index contributed by atoms with van der Waals surface area (Å²) in [4.78, 5) is 25.7. The number of allylic oxidation sites excluding steroid dienone is 2. The van der Waals surface area contributed by atoms with Crippen molar-refractivity contribution in [2.24, 2.45) is 0 Å². The number of esters is 1. The van der Waals surface area contributed by atoms with Crippen molar-refractivity contribution >= 4 is 17.4 Å². The third-order valence-corrected chi connectivity index (χ3v) is 4.00. The third kappa shape index (κ3) is 3.52. The van der Waals surface area contributed by atoms with E-state index in [0.717, 1.165) is 17.0 Å². The highest BCUT2D eigenvalue weighted by molar-refractivity contribution is 5.95. The topological polar surface area (TPSA) is 46.6 Å². The molecule has 23 heavy (non-hydrogen) atoms. The van der Waals surface area contributed by atoms with Crippen molar-refractivity contribution in [2.75, 3.05) is 18.6 Å². The number of para-hydroxylation sites is 1. The molecule has 2 rings (SSSR count). The molecule has 0 aliphatic carbocycles. The average Bonchev–Trinajstić information content (AvgIpc) is 2.66. The van der Waals surface area contributed by atoms with Gasteiger partial charge in [-0.05, 0) is 25.5 Å². The van der Waals surface area contributed by atoms with Crippen molar-refractivity contribution in [3.8, 4) is 0 Å². The van der Waals surface area contributed by atoms with Crippen molar-refractivity contribution in [3.63, 3.8) is 0 Å². The molecule has 0 saturated heterocycles. The third-order valence-electron chi connectivity index (χ3n) is 4.00. The summed E-state index contributed by atoms with van der Waals surface area (Å²) >= 11 is 0. The van der Waals surface area contributed by atoms with E-state index in [1.165, 1.54) is 11.6 Å². The molecule has 0 fully saturated rings. The van der Waals surface area contributed by atoms with Gasteiger partial charge in [0, 0.05) is 36.0 Å². The van der Waals surface area contributed by atoms with E-state index in [0.29, 0.717) is 0 Å². The Balaban J connectivity index is 2.16. The number of benzene rings is 1. The molecule has 4 nitrogen and oxygen atoms in total. The van der Waals surface area contributed by atoms with E-state index >= 15 is 0 Å². The summed E-state index contributed by atoms with van der Waals surface area (Å²) in [5.41, 5.74) is 3.77. The molecular weight excluding hydrogens is 290 g/mol. The maximum absolute atomic E-state index is 12.2. The van der Waals surface area contributed by atoms with Gasteiger partial charge in [-0.25, -0.2) is 4.79 Å². The fourth-order valence-electron chi connectivity index (χ4n) is 2.87. The number of hydrogen-bond acceptors (Lipinski definition) is 4. The lowest BCUT2D eigenvalue weighted by Gasteiger charge is -2.23. The zero-order chi connectivity index (χ0) is 17.2. The second-order valence-electron chi connectivity index (χ2n) is 6.53. The number of anilines is 1. The van der Waals surface area contributed by atoms with Gasteiger partial charge in [-0.2, -0.15) is 0 Å². The van der Waals surface area contributed by atoms with Gasteiger partial charge in [-0.3, -0.25) is 4.79 Å². The van der Waals surface area contributed by atoms with E-state index in [-0.39, 0.29) is 17.8 Å². The summed E-state index contributed by atoms with van der Waals surface area (Å²) in [6.45, 7) is 7.54. The fraction of sp³-hybridized carbons (Fsp3) is 0.368. The van der Waals surface area contributed by atoms with Crippen molar-refractivity contribution in [2.45, 2.75) is 33.1 Å². The van der Waals surface area contributed by atoms with Gasteiger partial charge < -0.3 is 9.64 Å². The molecule has 0 N–H and O–H groups in total. The lowest BCUT2D eigenvalue weighted by atomic mass is 9.83. The van der Waals surface area contributed by atoms with Crippen LogP contribution in [-0.2, 0) is 19.7 Å². The Bertz CT molecular complexity index is 694. The standard InChI is InChI=1S/C19H23NO3/c1-13(2)10-18(22)23-12-14(21)11-17-19(3,4)15-8-6-7-9-16(15)20(17)5/h6-11H,12H2,1-5H3/b17-11-. The molecule has 0 spiro atoms. The number of carbonyl (C=O) groups is 2. The first kappa shape index (κ1) is 17.0. The lowest BCUT2D eigenvalue weighted by molar-refractivity contribution is -0.141. The van der Waals surface area contributed by atoms with E-state index in [1.54, 1.807) is 19.9 Å². The minimum absolute atomic E-state index is 0.219. The summed E-state index contributed by atoms with van der Waals surface area (Å²) in [7, 11) is 1.95. The zero-order valence-electron chi connectivity index (χ0n) is 14.3. The van der Waals surface area contributed by atoms with Crippen LogP contribution in [0.1, 0.15) is 33.3 Å². The van der Waals surface area contributed by atoms with E-state index in [9.17, 15) is 9.59 Å². The molecule has 1 heterocycles. The predicted octanol–water partition coefficient (Wildman–Crippen LogP) is 3.38. The van der Waals surface area contributed by atoms with Crippen LogP contribution in [0, 0.1) is 0 Å². The van der Waals surface area contributed by atoms with Crippen molar-refractivity contribution < 1.29 is 14.3 Å². The number of rotatable bonds is 4. The smallest absolute Gasteiger partial charge is 0.331 e. The van der Waals surface area contributed by atoms with Gasteiger partial charge in [0.15, 0.2) is 12.4 Å². The quantitative estimate of drug-likeness (QED) is 0.631. The van der Waals surface area contributed by atoms with Crippen LogP contribution >= 0.6 is 0 Å². The van der Waals surface area contributed by atoms with Crippen LogP contribution in [0.25, 0.3) is 0 Å². The summed E-state index contributed by atoms with van der Waals surface area (Å²) < 4.78 is 4.98. The molecule has 0 aromatic heterocycles. The van der Waals surface area contributed by atoms with Crippen LogP contribution in [0.5, 0.6) is 0 Å². The number of hydrogen-bond donors (Lipinski definition) is 0. The minimum Gasteiger partial charge on any atom is -0.454 e. The lowest BCUT2D eigenvalue weighted by Crippen LogP contribution is -2.25. The second-order valence-corrected chi connectivity index (χ2v) is 6.53. The molecule has 1 aliphatic heterocycles. The molecule has 0 amide bonds. The van der Waals surface area contributed by atoms with Gasteiger partial charge >= 0.3 is 5.97 Å². The molecular formula is C19H23NO3. The Morgan fingerprint density at radius 3 is 2.48 bits per heavy atom. The molecule has 0 unspecified atom stereocenters. The maximum Gasteiger partial charge on any atom is 0.331 e. The first-order valence-corrected chi connectivity index (χ1v) is 7.63. The highest BCUT2D eigenvalue weighted by atomic mass is 16.5. The summed E-state index contributed by atoms with van der Waals surface area (Å²) in [6.07, 6.45) is 2.96. The number of fused-ring (bicyclic) bond motifs is 1. The van der Waals surface area contributed by atoms with Gasteiger partial charge in [0.05, 0.1) is 0 Å². The summed E-state index contributed by atoms with van der Waals surface area (Å²) in [5.74, 6) is -0.706. The summed E-state index contributed by atoms with van der Waals surface area (Å²) in [5, 5.41) is 0. The first-order valence-electron chi connectivity index (χ1n) is 7.63. The zero-order valence-corrected chi connectivity index (χ0v) is 14.3. The maximum atomic E-state index is 12.2. The van der Waals surface area contributed by atoms with Crippen molar-refractivity contribution in [1.29, 1.82) is 0 Å². The van der Waals surface area contributed by atoms with Crippen LogP contribution in [0.2, 0.25) is 0 Å². The Morgan fingerprint density at radius 2 is 1.87 bits per heavy atom. The first-order chi connectivity index (χ1) is 10.7. The molecule has 1 aromatic carbocycles. The number of ether oxygens (including phenoxy) is 1. The molecule has 1 aromatic rings. The molecule has 0 radical (unpaired) electrons. The molecule has 0 atom stereocenters. The highest BCUT2D eigenvalue weighted by Crippen LogP contribution is 2.46. The van der Waals surface area contributed by atoms with Crippen LogP contribution in [0.4, 0.5) is 5.69 Å². The van der Waals surface area contributed by atoms with Crippen LogP contribution in [-0.4, -0.2) is 25.4 Å². The van der Waals surface area contributed by atoms with Crippen molar-refractivity contribution in [3.05, 3.63) is 53.3 Å². The van der Waals surface area contributed by atoms with Crippen LogP contribution < -0.4 is 4.90 Å². The summed E-state index contributed by atoms with van der Waals surface area (Å²) in [6, 6.07) is 8.10.